The highest BCUT2D eigenvalue weighted by molar-refractivity contribution is 5.94. The molecule has 4 amide bonds. The second-order valence-electron chi connectivity index (χ2n) is 36.6. The van der Waals surface area contributed by atoms with Crippen LogP contribution in [0.25, 0.3) is 44.5 Å². The van der Waals surface area contributed by atoms with Crippen molar-refractivity contribution < 1.29 is 34.1 Å². The Morgan fingerprint density at radius 3 is 1.10 bits per heavy atom. The number of hydrogen-bond acceptors (Lipinski definition) is 15. The Morgan fingerprint density at radius 2 is 0.730 bits per heavy atom. The van der Waals surface area contributed by atoms with Crippen LogP contribution < -0.4 is 5.32 Å². The summed E-state index contributed by atoms with van der Waals surface area (Å²) in [5.41, 5.74) is 22.2. The Labute approximate surface area is 748 Å². The summed E-state index contributed by atoms with van der Waals surface area (Å²) < 4.78 is 11.3. The van der Waals surface area contributed by atoms with Crippen LogP contribution in [0.1, 0.15) is 156 Å². The van der Waals surface area contributed by atoms with E-state index in [9.17, 15) is 24.6 Å². The third-order valence-electron chi connectivity index (χ3n) is 27.8. The van der Waals surface area contributed by atoms with E-state index >= 15 is 0 Å². The number of carbonyl (C=O) groups is 3. The quantitative estimate of drug-likeness (QED) is 0.0736. The zero-order valence-corrected chi connectivity index (χ0v) is 75.6. The van der Waals surface area contributed by atoms with Gasteiger partial charge in [-0.25, -0.2) is 14.8 Å². The van der Waals surface area contributed by atoms with Crippen molar-refractivity contribution >= 4 is 17.8 Å². The average Bonchev–Trinajstić information content (AvgIpc) is 0.774. The fourth-order valence-corrected chi connectivity index (χ4v) is 21.5. The van der Waals surface area contributed by atoms with Gasteiger partial charge >= 0.3 is 6.03 Å². The first kappa shape index (κ1) is 90.6. The van der Waals surface area contributed by atoms with Crippen LogP contribution in [0.15, 0.2) is 237 Å². The minimum Gasteiger partial charge on any atom is -0.395 e. The average molecular weight is 1700 g/mol. The molecule has 0 unspecified atom stereocenters. The molecule has 8 fully saturated rings. The highest BCUT2D eigenvalue weighted by Crippen LogP contribution is 2.48. The van der Waals surface area contributed by atoms with Crippen LogP contribution in [0.5, 0.6) is 0 Å². The van der Waals surface area contributed by atoms with E-state index in [1.807, 2.05) is 53.1 Å². The summed E-state index contributed by atoms with van der Waals surface area (Å²) in [6.07, 6.45) is 17.6. The van der Waals surface area contributed by atoms with Crippen LogP contribution in [0.2, 0.25) is 0 Å². The lowest BCUT2D eigenvalue weighted by Gasteiger charge is -2.57. The van der Waals surface area contributed by atoms with Gasteiger partial charge in [-0.1, -0.05) is 216 Å². The van der Waals surface area contributed by atoms with Gasteiger partial charge in [0.15, 0.2) is 0 Å². The van der Waals surface area contributed by atoms with Gasteiger partial charge in [-0.3, -0.25) is 39.1 Å². The number of methoxy groups -OCH3 is 2. The maximum atomic E-state index is 13.3. The van der Waals surface area contributed by atoms with Gasteiger partial charge in [-0.05, 0) is 205 Å². The summed E-state index contributed by atoms with van der Waals surface area (Å²) in [5, 5.41) is 23.3. The molecule has 19 nitrogen and oxygen atoms in total. The van der Waals surface area contributed by atoms with Gasteiger partial charge in [-0.2, -0.15) is 0 Å². The molecular formula is C107H132N12O7. The summed E-state index contributed by atoms with van der Waals surface area (Å²) in [6.45, 7) is 28.0. The van der Waals surface area contributed by atoms with E-state index in [1.165, 1.54) is 102 Å². The number of amides is 4. The number of benzene rings is 8. The first-order valence-electron chi connectivity index (χ1n) is 46.3. The van der Waals surface area contributed by atoms with E-state index in [0.717, 1.165) is 136 Å². The van der Waals surface area contributed by atoms with Crippen molar-refractivity contribution in [2.75, 3.05) is 119 Å². The molecule has 3 N–H and O–H groups in total. The first-order chi connectivity index (χ1) is 61.4. The summed E-state index contributed by atoms with van der Waals surface area (Å²) in [4.78, 5) is 69.2. The summed E-state index contributed by atoms with van der Waals surface area (Å²) in [6, 6.07) is 76.6. The Hall–Kier alpha value is -10.2. The molecule has 126 heavy (non-hydrogen) atoms. The maximum Gasteiger partial charge on any atom is 0.317 e. The molecule has 0 aliphatic carbocycles. The number of aryl methyl sites for hydroxylation is 4. The van der Waals surface area contributed by atoms with Crippen LogP contribution >= 0.6 is 0 Å². The highest BCUT2D eigenvalue weighted by atomic mass is 16.5. The number of carbonyl (C=O) groups excluding carboxylic acids is 3. The number of aliphatic hydroxyl groups is 2. The fourth-order valence-electron chi connectivity index (χ4n) is 21.5. The van der Waals surface area contributed by atoms with Crippen LogP contribution in [0, 0.1) is 27.7 Å². The number of hydrogen-bond donors (Lipinski definition) is 3. The van der Waals surface area contributed by atoms with Crippen LogP contribution in [0.3, 0.4) is 0 Å². The largest absolute Gasteiger partial charge is 0.395 e. The first-order valence-corrected chi connectivity index (χ1v) is 46.3. The van der Waals surface area contributed by atoms with Gasteiger partial charge in [0.2, 0.25) is 5.91 Å². The van der Waals surface area contributed by atoms with Crippen molar-refractivity contribution in [3.05, 3.63) is 293 Å². The number of pyridine rings is 1. The van der Waals surface area contributed by atoms with Crippen molar-refractivity contribution in [2.45, 2.75) is 184 Å². The molecule has 18 rings (SSSR count). The minimum atomic E-state index is 0.0607. The predicted molar refractivity (Wildman–Crippen MR) is 504 cm³/mol. The number of aromatic nitrogens is 3. The van der Waals surface area contributed by atoms with E-state index in [4.69, 9.17) is 9.47 Å². The predicted octanol–water partition coefficient (Wildman–Crippen LogP) is 16.7. The van der Waals surface area contributed by atoms with Crippen LogP contribution in [-0.4, -0.2) is 256 Å². The number of nitrogens with one attached hydrogen (secondary N) is 1. The lowest BCUT2D eigenvalue weighted by atomic mass is 9.74. The molecular weight excluding hydrogens is 1570 g/mol. The molecule has 10 heterocycles. The number of fused-ring (bicyclic) bond motifs is 4. The minimum absolute atomic E-state index is 0.0607. The van der Waals surface area contributed by atoms with Gasteiger partial charge in [0.25, 0.3) is 5.91 Å². The van der Waals surface area contributed by atoms with Gasteiger partial charge in [0, 0.05) is 187 Å². The Kier molecular flexibility index (Phi) is 31.0. The van der Waals surface area contributed by atoms with E-state index in [1.54, 1.807) is 39.9 Å². The van der Waals surface area contributed by atoms with Crippen molar-refractivity contribution in [3.63, 3.8) is 0 Å². The smallest absolute Gasteiger partial charge is 0.317 e. The van der Waals surface area contributed by atoms with E-state index in [0.29, 0.717) is 66.2 Å². The van der Waals surface area contributed by atoms with Crippen LogP contribution in [-0.2, 0) is 20.8 Å². The van der Waals surface area contributed by atoms with Crippen molar-refractivity contribution in [2.24, 2.45) is 0 Å². The molecule has 0 saturated carbocycles. The highest BCUT2D eigenvalue weighted by Gasteiger charge is 2.54. The van der Waals surface area contributed by atoms with E-state index in [2.05, 4.69) is 267 Å². The molecule has 2 aromatic heterocycles. The zero-order chi connectivity index (χ0) is 87.7. The van der Waals surface area contributed by atoms with Crippen molar-refractivity contribution in [1.29, 1.82) is 0 Å². The molecule has 8 aromatic carbocycles. The number of urea groups is 1. The molecule has 8 aliphatic rings. The molecule has 19 heteroatoms. The third-order valence-corrected chi connectivity index (χ3v) is 27.8. The summed E-state index contributed by atoms with van der Waals surface area (Å²) in [5.74, 6) is 1.61. The van der Waals surface area contributed by atoms with E-state index < -0.39 is 0 Å². The van der Waals surface area contributed by atoms with Gasteiger partial charge < -0.3 is 39.7 Å². The van der Waals surface area contributed by atoms with Crippen molar-refractivity contribution in [3.8, 4) is 44.5 Å². The Morgan fingerprint density at radius 1 is 0.397 bits per heavy atom. The molecule has 8 saturated heterocycles. The number of aliphatic hydroxyl groups excluding tert-OH is 2. The number of rotatable bonds is 18. The van der Waals surface area contributed by atoms with E-state index in [-0.39, 0.29) is 55.1 Å². The number of nitrogens with zero attached hydrogens (tertiary/aromatic N) is 11. The van der Waals surface area contributed by atoms with Crippen LogP contribution in [0.4, 0.5) is 4.79 Å². The molecule has 10 aromatic rings. The third kappa shape index (κ3) is 21.5. The normalized spacial score (nSPS) is 24.0. The van der Waals surface area contributed by atoms with Gasteiger partial charge in [0.1, 0.15) is 6.33 Å². The van der Waals surface area contributed by atoms with Gasteiger partial charge in [0.05, 0.1) is 26.4 Å². The standard InChI is InChI=1S/C29H33N3O2.C27H32N4O.C27H37N3O2.C24H30N2O2/c1-21-6-5-7-25(18-21)22-8-10-23(11-9-22)28-26-19-31(29(33)24-12-14-30-15-13-24)16-3-4-17-32(26)27(28)20-34-2;1-20-5-4-6-24(13-20)22-7-9-23(10-8-22)27-25-17-30(16-21-14-28-19-29-15-21)11-2-3-12-31(25)26(27)18-32;1-19(2)28-27(31)29-14-5-6-15-30-24(17-29)26(25(30)18-32-4)22-12-10-21(11-13-22)23-9-7-8-20(3)16-23;1-17-6-5-7-21(14-17)19-8-10-20(11-9-19)24-22-15-25(18(2)28)12-3-4-13-26(22)23(24)16-27/h5-15,18,26-28H,3-4,16-17,19-20H2,1-2H3;4-10,13-15,19,25-27,32H,2-3,11-12,16-18H2,1H3;7-13,16,19,24-26H,5-6,14-15,17-18H2,1-4H3,(H,28,31);5-11,14,22-24,27H,3-4,12-13,15-16H2,1-2H3/t26-,27+,28-;25-,26+,27-;24-,25+,26-;22-,23+,24-/m0000/s1. The van der Waals surface area contributed by atoms with Gasteiger partial charge in [-0.15, -0.1) is 0 Å². The molecule has 0 radical (unpaired) electrons. The summed E-state index contributed by atoms with van der Waals surface area (Å²) in [7, 11) is 3.58. The molecule has 0 bridgehead atoms. The molecule has 12 atom stereocenters. The summed E-state index contributed by atoms with van der Waals surface area (Å²) >= 11 is 0. The topological polar surface area (TPSA) is 187 Å². The second kappa shape index (κ2) is 43.1. The lowest BCUT2D eigenvalue weighted by molar-refractivity contribution is -0.134. The lowest BCUT2D eigenvalue weighted by Crippen LogP contribution is -2.68. The monoisotopic (exact) mass is 1700 g/mol. The number of ether oxygens (including phenoxy) is 2. The van der Waals surface area contributed by atoms with Crippen molar-refractivity contribution in [1.82, 2.24) is 59.5 Å². The Balaban J connectivity index is 0.000000130. The second-order valence-corrected chi connectivity index (χ2v) is 36.6. The zero-order valence-electron chi connectivity index (χ0n) is 75.6. The maximum absolute atomic E-state index is 13.3. The molecule has 662 valence electrons. The SMILES string of the molecule is CC(=O)N1CCCCN2[C@H](CO)[C@@H](c3ccc(-c4cccc(C)c4)cc3)[C@@H]2C1.COC[C@@H]1[C@@H](c2ccc(-c3cccc(C)c3)cc2)[C@@H]2CN(C(=O)NC(C)C)CCCCN12.COC[C@@H]1[C@@H](c2ccc(-c3cccc(C)c3)cc2)[C@@H]2CN(C(=O)c3ccncc3)CCCCN12.Cc1cccc(-c2ccc([C@@H]3[C@@H](CO)N4CCCCN(Cc5cncnc5)C[C@@H]34)cc2)c1. The fraction of sp³-hybridized carbons (Fsp3) is 0.439. The molecule has 8 aliphatic heterocycles. The Bertz CT molecular complexity index is 5160. The molecule has 0 spiro atoms.